The second-order valence-electron chi connectivity index (χ2n) is 4.67. The maximum atomic E-state index is 5.96. The summed E-state index contributed by atoms with van der Waals surface area (Å²) in [5.41, 5.74) is 3.05. The van der Waals surface area contributed by atoms with Crippen LogP contribution < -0.4 is 4.74 Å². The molecule has 1 heterocycles. The summed E-state index contributed by atoms with van der Waals surface area (Å²) in [7, 11) is 0. The second kappa shape index (κ2) is 6.41. The van der Waals surface area contributed by atoms with E-state index in [2.05, 4.69) is 9.97 Å². The molecule has 0 amide bonds. The maximum absolute atomic E-state index is 5.96. The Labute approximate surface area is 132 Å². The van der Waals surface area contributed by atoms with E-state index in [1.54, 1.807) is 11.8 Å². The lowest BCUT2D eigenvalue weighted by Crippen LogP contribution is -2.01. The number of imidazole rings is 1. The van der Waals surface area contributed by atoms with Crippen molar-refractivity contribution in [3.63, 3.8) is 0 Å². The van der Waals surface area contributed by atoms with Crippen molar-refractivity contribution in [2.24, 2.45) is 0 Å². The molecule has 0 spiro atoms. The lowest BCUT2D eigenvalue weighted by molar-refractivity contribution is 0.341. The van der Waals surface area contributed by atoms with Crippen LogP contribution in [0.2, 0.25) is 5.02 Å². The Hall–Kier alpha value is -1.65. The number of hydrogen-bond acceptors (Lipinski definition) is 3. The van der Waals surface area contributed by atoms with Crippen LogP contribution in [-0.2, 0) is 0 Å². The number of halogens is 1. The topological polar surface area (TPSA) is 37.9 Å². The Bertz CT molecular complexity index is 757. The fraction of sp³-hybridized carbons (Fsp3) is 0.188. The second-order valence-corrected chi connectivity index (χ2v) is 6.19. The molecule has 0 aliphatic heterocycles. The summed E-state index contributed by atoms with van der Waals surface area (Å²) in [6.07, 6.45) is 0. The van der Waals surface area contributed by atoms with Crippen molar-refractivity contribution in [2.75, 3.05) is 12.4 Å². The summed E-state index contributed by atoms with van der Waals surface area (Å²) in [6, 6.07) is 13.7. The standard InChI is InChI=1S/C16H15ClN2OS/c1-11-4-2-3-5-15(11)20-8-9-21-16-18-13-7-6-12(17)10-14(13)19-16/h2-7,10H,8-9H2,1H3,(H,18,19). The molecule has 0 unspecified atom stereocenters. The number of thioether (sulfide) groups is 1. The largest absolute Gasteiger partial charge is 0.492 e. The van der Waals surface area contributed by atoms with Gasteiger partial charge >= 0.3 is 0 Å². The number of rotatable bonds is 5. The number of para-hydroxylation sites is 1. The third-order valence-electron chi connectivity index (χ3n) is 3.10. The van der Waals surface area contributed by atoms with Gasteiger partial charge in [0.2, 0.25) is 0 Å². The van der Waals surface area contributed by atoms with E-state index < -0.39 is 0 Å². The fourth-order valence-corrected chi connectivity index (χ4v) is 2.91. The van der Waals surface area contributed by atoms with Gasteiger partial charge in [-0.2, -0.15) is 0 Å². The van der Waals surface area contributed by atoms with Gasteiger partial charge in [0.15, 0.2) is 5.16 Å². The molecule has 1 aromatic heterocycles. The normalized spacial score (nSPS) is 11.0. The third-order valence-corrected chi connectivity index (χ3v) is 4.17. The quantitative estimate of drug-likeness (QED) is 0.547. The average molecular weight is 319 g/mol. The van der Waals surface area contributed by atoms with E-state index in [1.165, 1.54) is 0 Å². The number of H-pyrrole nitrogens is 1. The smallest absolute Gasteiger partial charge is 0.166 e. The van der Waals surface area contributed by atoms with Crippen LogP contribution in [0.15, 0.2) is 47.6 Å². The molecular formula is C16H15ClN2OS. The van der Waals surface area contributed by atoms with E-state index in [9.17, 15) is 0 Å². The van der Waals surface area contributed by atoms with Gasteiger partial charge in [-0.1, -0.05) is 41.6 Å². The number of aryl methyl sites for hydroxylation is 1. The summed E-state index contributed by atoms with van der Waals surface area (Å²) < 4.78 is 5.77. The van der Waals surface area contributed by atoms with Crippen molar-refractivity contribution in [3.8, 4) is 5.75 Å². The number of nitrogens with zero attached hydrogens (tertiary/aromatic N) is 1. The van der Waals surface area contributed by atoms with Crippen LogP contribution >= 0.6 is 23.4 Å². The van der Waals surface area contributed by atoms with Crippen molar-refractivity contribution in [3.05, 3.63) is 53.1 Å². The molecule has 3 nitrogen and oxygen atoms in total. The van der Waals surface area contributed by atoms with Crippen molar-refractivity contribution in [2.45, 2.75) is 12.1 Å². The Kier molecular flexibility index (Phi) is 4.36. The van der Waals surface area contributed by atoms with Crippen molar-refractivity contribution in [1.82, 2.24) is 9.97 Å². The summed E-state index contributed by atoms with van der Waals surface area (Å²) in [5.74, 6) is 1.77. The summed E-state index contributed by atoms with van der Waals surface area (Å²) in [4.78, 5) is 7.77. The number of aromatic amines is 1. The first-order valence-corrected chi connectivity index (χ1v) is 8.05. The van der Waals surface area contributed by atoms with Crippen LogP contribution in [0.4, 0.5) is 0 Å². The van der Waals surface area contributed by atoms with Crippen LogP contribution in [0.5, 0.6) is 5.75 Å². The maximum Gasteiger partial charge on any atom is 0.166 e. The highest BCUT2D eigenvalue weighted by Crippen LogP contribution is 2.22. The van der Waals surface area contributed by atoms with Gasteiger partial charge in [0, 0.05) is 10.8 Å². The van der Waals surface area contributed by atoms with E-state index in [-0.39, 0.29) is 0 Å². The summed E-state index contributed by atoms with van der Waals surface area (Å²) in [5, 5.41) is 1.60. The Morgan fingerprint density at radius 1 is 1.24 bits per heavy atom. The van der Waals surface area contributed by atoms with Crippen molar-refractivity contribution >= 4 is 34.4 Å². The molecule has 0 aliphatic rings. The Balaban J connectivity index is 1.56. The number of nitrogens with one attached hydrogen (secondary N) is 1. The van der Waals surface area contributed by atoms with E-state index in [0.29, 0.717) is 11.6 Å². The number of benzene rings is 2. The van der Waals surface area contributed by atoms with Crippen LogP contribution in [0.3, 0.4) is 0 Å². The summed E-state index contributed by atoms with van der Waals surface area (Å²) in [6.45, 7) is 2.69. The molecule has 0 saturated carbocycles. The van der Waals surface area contributed by atoms with Gasteiger partial charge in [-0.25, -0.2) is 4.98 Å². The van der Waals surface area contributed by atoms with E-state index in [0.717, 1.165) is 33.3 Å². The zero-order valence-electron chi connectivity index (χ0n) is 11.6. The van der Waals surface area contributed by atoms with Crippen LogP contribution in [-0.4, -0.2) is 22.3 Å². The SMILES string of the molecule is Cc1ccccc1OCCSc1nc2ccc(Cl)cc2[nH]1. The van der Waals surface area contributed by atoms with E-state index in [4.69, 9.17) is 16.3 Å². The van der Waals surface area contributed by atoms with Gasteiger partial charge in [-0.05, 0) is 36.8 Å². The highest BCUT2D eigenvalue weighted by molar-refractivity contribution is 7.99. The number of hydrogen-bond donors (Lipinski definition) is 1. The minimum absolute atomic E-state index is 0.646. The number of ether oxygens (including phenoxy) is 1. The lowest BCUT2D eigenvalue weighted by atomic mass is 10.2. The molecule has 3 aromatic rings. The predicted octanol–water partition coefficient (Wildman–Crippen LogP) is 4.70. The highest BCUT2D eigenvalue weighted by atomic mass is 35.5. The van der Waals surface area contributed by atoms with Crippen LogP contribution in [0.25, 0.3) is 11.0 Å². The Morgan fingerprint density at radius 3 is 2.95 bits per heavy atom. The van der Waals surface area contributed by atoms with Gasteiger partial charge in [0.1, 0.15) is 5.75 Å². The van der Waals surface area contributed by atoms with Gasteiger partial charge in [0.25, 0.3) is 0 Å². The monoisotopic (exact) mass is 318 g/mol. The predicted molar refractivity (Wildman–Crippen MR) is 88.5 cm³/mol. The lowest BCUT2D eigenvalue weighted by Gasteiger charge is -2.07. The molecule has 0 bridgehead atoms. The zero-order valence-corrected chi connectivity index (χ0v) is 13.2. The molecule has 0 aliphatic carbocycles. The van der Waals surface area contributed by atoms with Crippen LogP contribution in [0, 0.1) is 6.92 Å². The zero-order chi connectivity index (χ0) is 14.7. The summed E-state index contributed by atoms with van der Waals surface area (Å²) >= 11 is 7.61. The molecule has 0 fully saturated rings. The van der Waals surface area contributed by atoms with E-state index in [1.807, 2.05) is 49.4 Å². The first kappa shape index (κ1) is 14.3. The molecule has 21 heavy (non-hydrogen) atoms. The first-order valence-electron chi connectivity index (χ1n) is 6.69. The molecule has 3 rings (SSSR count). The van der Waals surface area contributed by atoms with Gasteiger partial charge in [-0.3, -0.25) is 0 Å². The van der Waals surface area contributed by atoms with Crippen molar-refractivity contribution in [1.29, 1.82) is 0 Å². The fourth-order valence-electron chi connectivity index (χ4n) is 2.04. The molecule has 0 radical (unpaired) electrons. The molecule has 5 heteroatoms. The third kappa shape index (κ3) is 3.52. The van der Waals surface area contributed by atoms with Crippen LogP contribution in [0.1, 0.15) is 5.56 Å². The molecule has 108 valence electrons. The van der Waals surface area contributed by atoms with Gasteiger partial charge in [-0.15, -0.1) is 0 Å². The molecular weight excluding hydrogens is 304 g/mol. The number of aromatic nitrogens is 2. The first-order chi connectivity index (χ1) is 10.2. The molecule has 0 saturated heterocycles. The van der Waals surface area contributed by atoms with Crippen molar-refractivity contribution < 1.29 is 4.74 Å². The Morgan fingerprint density at radius 2 is 2.10 bits per heavy atom. The minimum Gasteiger partial charge on any atom is -0.492 e. The molecule has 1 N–H and O–H groups in total. The van der Waals surface area contributed by atoms with Gasteiger partial charge in [0.05, 0.1) is 17.6 Å². The van der Waals surface area contributed by atoms with E-state index >= 15 is 0 Å². The molecule has 0 atom stereocenters. The highest BCUT2D eigenvalue weighted by Gasteiger charge is 2.04. The average Bonchev–Trinajstić information content (AvgIpc) is 2.87. The molecule has 2 aromatic carbocycles. The van der Waals surface area contributed by atoms with Gasteiger partial charge < -0.3 is 9.72 Å². The minimum atomic E-state index is 0.646. The number of fused-ring (bicyclic) bond motifs is 1.